The first kappa shape index (κ1) is 26.3. The number of para-hydroxylation sites is 1. The lowest BCUT2D eigenvalue weighted by Gasteiger charge is -2.16. The third kappa shape index (κ3) is 5.61. The number of fused-ring (bicyclic) bond motifs is 1. The number of hydrogen-bond acceptors (Lipinski definition) is 6. The maximum atomic E-state index is 13.4. The van der Waals surface area contributed by atoms with E-state index in [0.717, 1.165) is 27.4 Å². The summed E-state index contributed by atoms with van der Waals surface area (Å²) in [4.78, 5) is 34.9. The molecule has 0 spiro atoms. The van der Waals surface area contributed by atoms with Gasteiger partial charge in [0.15, 0.2) is 17.3 Å². The zero-order valence-corrected chi connectivity index (χ0v) is 22.9. The molecular weight excluding hydrogens is 506 g/mol. The van der Waals surface area contributed by atoms with Crippen molar-refractivity contribution < 1.29 is 9.59 Å². The quantitative estimate of drug-likeness (QED) is 0.127. The zero-order chi connectivity index (χ0) is 27.4. The van der Waals surface area contributed by atoms with Crippen molar-refractivity contribution in [1.82, 2.24) is 19.7 Å². The first-order chi connectivity index (χ1) is 19.0. The van der Waals surface area contributed by atoms with E-state index >= 15 is 0 Å². The molecule has 2 heterocycles. The number of nitrogens with one attached hydrogen (secondary N) is 1. The minimum absolute atomic E-state index is 0.0142. The molecule has 0 bridgehead atoms. The second-order valence-corrected chi connectivity index (χ2v) is 10.3. The number of benzene rings is 3. The number of anilines is 1. The predicted octanol–water partition coefficient (Wildman–Crippen LogP) is 6.76. The van der Waals surface area contributed by atoms with E-state index in [-0.39, 0.29) is 11.7 Å². The van der Waals surface area contributed by atoms with Gasteiger partial charge in [0.25, 0.3) is 0 Å². The molecule has 0 unspecified atom stereocenters. The van der Waals surface area contributed by atoms with Crippen LogP contribution in [0.2, 0.25) is 0 Å². The van der Waals surface area contributed by atoms with Crippen molar-refractivity contribution >= 4 is 40.2 Å². The van der Waals surface area contributed by atoms with Gasteiger partial charge in [0.1, 0.15) is 5.03 Å². The van der Waals surface area contributed by atoms with Crippen LogP contribution in [0.15, 0.2) is 90.0 Å². The average molecular weight is 536 g/mol. The Labute approximate surface area is 231 Å². The van der Waals surface area contributed by atoms with Crippen molar-refractivity contribution in [2.75, 3.05) is 5.32 Å². The fourth-order valence-corrected chi connectivity index (χ4v) is 5.39. The smallest absolute Gasteiger partial charge is 0.237 e. The molecule has 8 heteroatoms. The molecule has 1 amide bonds. The molecule has 1 atom stereocenters. The van der Waals surface area contributed by atoms with Crippen LogP contribution in [0.5, 0.6) is 0 Å². The predicted molar refractivity (Wildman–Crippen MR) is 156 cm³/mol. The van der Waals surface area contributed by atoms with Crippen molar-refractivity contribution in [1.29, 1.82) is 0 Å². The van der Waals surface area contributed by atoms with E-state index in [1.54, 1.807) is 24.3 Å². The summed E-state index contributed by atoms with van der Waals surface area (Å²) in [5.74, 6) is 0.444. The minimum Gasteiger partial charge on any atom is -0.325 e. The van der Waals surface area contributed by atoms with Gasteiger partial charge in [-0.25, -0.2) is 14.6 Å². The molecule has 5 aromatic rings. The van der Waals surface area contributed by atoms with Crippen molar-refractivity contribution in [3.05, 3.63) is 96.2 Å². The molecule has 0 aliphatic heterocycles. The van der Waals surface area contributed by atoms with Gasteiger partial charge >= 0.3 is 0 Å². The average Bonchev–Trinajstić information content (AvgIpc) is 3.36. The van der Waals surface area contributed by atoms with Crippen LogP contribution >= 0.6 is 11.8 Å². The summed E-state index contributed by atoms with van der Waals surface area (Å²) in [6, 6.07) is 26.7. The number of carbonyl (C=O) groups is 2. The van der Waals surface area contributed by atoms with E-state index in [9.17, 15) is 9.59 Å². The van der Waals surface area contributed by atoms with Crippen LogP contribution in [-0.4, -0.2) is 36.7 Å². The Morgan fingerprint density at radius 1 is 0.897 bits per heavy atom. The number of aryl methyl sites for hydroxylation is 1. The van der Waals surface area contributed by atoms with Crippen LogP contribution in [0, 0.1) is 0 Å². The molecule has 0 fully saturated rings. The number of ketones is 1. The lowest BCUT2D eigenvalue weighted by Crippen LogP contribution is -2.24. The highest BCUT2D eigenvalue weighted by Gasteiger charge is 2.25. The number of Topliss-reactive ketones (excluding diaryl/α,β-unsaturated/α-hetero) is 1. The second-order valence-electron chi connectivity index (χ2n) is 9.10. The van der Waals surface area contributed by atoms with Crippen molar-refractivity contribution in [2.45, 2.75) is 43.9 Å². The normalized spacial score (nSPS) is 11.9. The fraction of sp³-hybridized carbons (Fsp3) is 0.194. The third-order valence-corrected chi connectivity index (χ3v) is 7.76. The van der Waals surface area contributed by atoms with E-state index in [1.165, 1.54) is 18.7 Å². The Morgan fingerprint density at radius 2 is 1.56 bits per heavy atom. The van der Waals surface area contributed by atoms with Gasteiger partial charge in [0.2, 0.25) is 5.91 Å². The number of nitrogens with zero attached hydrogens (tertiary/aromatic N) is 4. The Kier molecular flexibility index (Phi) is 7.84. The van der Waals surface area contributed by atoms with Crippen LogP contribution in [0.25, 0.3) is 28.1 Å². The molecule has 196 valence electrons. The lowest BCUT2D eigenvalue weighted by molar-refractivity contribution is -0.115. The number of aromatic nitrogens is 4. The van der Waals surface area contributed by atoms with Gasteiger partial charge in [0, 0.05) is 16.8 Å². The highest BCUT2D eigenvalue weighted by molar-refractivity contribution is 8.00. The van der Waals surface area contributed by atoms with Gasteiger partial charge in [-0.2, -0.15) is 5.10 Å². The van der Waals surface area contributed by atoms with Crippen molar-refractivity contribution in [2.24, 2.45) is 0 Å². The molecule has 0 saturated heterocycles. The monoisotopic (exact) mass is 535 g/mol. The highest BCUT2D eigenvalue weighted by Crippen LogP contribution is 2.35. The summed E-state index contributed by atoms with van der Waals surface area (Å²) < 4.78 is 1.87. The van der Waals surface area contributed by atoms with E-state index in [0.29, 0.717) is 35.6 Å². The minimum atomic E-state index is -0.399. The topological polar surface area (TPSA) is 89.8 Å². The zero-order valence-electron chi connectivity index (χ0n) is 22.1. The standard InChI is InChI=1S/C31H29N5O2S/c1-4-25-27-29(36(35-25)24-14-10-7-11-15-24)33-28(22-12-8-6-9-13-22)34-31(27)39-26(5-2)30(38)32-23-18-16-21(17-19-23)20(3)37/h6-19,26H,4-5H2,1-3H3,(H,32,38)/t26-/m1/s1. The fourth-order valence-electron chi connectivity index (χ4n) is 4.32. The molecule has 0 saturated carbocycles. The van der Waals surface area contributed by atoms with Crippen LogP contribution in [0.4, 0.5) is 5.69 Å². The van der Waals surface area contributed by atoms with Gasteiger partial charge in [0.05, 0.1) is 22.0 Å². The molecule has 0 aliphatic carbocycles. The molecular formula is C31H29N5O2S. The number of thioether (sulfide) groups is 1. The second kappa shape index (κ2) is 11.6. The maximum absolute atomic E-state index is 13.4. The summed E-state index contributed by atoms with van der Waals surface area (Å²) in [6.07, 6.45) is 1.30. The highest BCUT2D eigenvalue weighted by atomic mass is 32.2. The Hall–Kier alpha value is -4.30. The Bertz CT molecular complexity index is 1620. The molecule has 5 rings (SSSR count). The molecule has 0 radical (unpaired) electrons. The first-order valence-corrected chi connectivity index (χ1v) is 13.9. The summed E-state index contributed by atoms with van der Waals surface area (Å²) in [6.45, 7) is 5.57. The largest absolute Gasteiger partial charge is 0.325 e. The number of carbonyl (C=O) groups excluding carboxylic acids is 2. The molecule has 3 aromatic carbocycles. The molecule has 39 heavy (non-hydrogen) atoms. The SMILES string of the molecule is CCc1nn(-c2ccccc2)c2nc(-c3ccccc3)nc(S[C@H](CC)C(=O)Nc3ccc(C(C)=O)cc3)c12. The van der Waals surface area contributed by atoms with Crippen molar-refractivity contribution in [3.63, 3.8) is 0 Å². The first-order valence-electron chi connectivity index (χ1n) is 13.0. The molecule has 2 aromatic heterocycles. The Balaban J connectivity index is 1.57. The van der Waals surface area contributed by atoms with Crippen LogP contribution in [-0.2, 0) is 11.2 Å². The number of amides is 1. The van der Waals surface area contributed by atoms with Crippen LogP contribution in [0.1, 0.15) is 43.2 Å². The van der Waals surface area contributed by atoms with Crippen molar-refractivity contribution in [3.8, 4) is 17.1 Å². The molecule has 1 N–H and O–H groups in total. The van der Waals surface area contributed by atoms with Gasteiger partial charge in [-0.05, 0) is 56.2 Å². The summed E-state index contributed by atoms with van der Waals surface area (Å²) >= 11 is 1.43. The summed E-state index contributed by atoms with van der Waals surface area (Å²) in [5, 5.41) is 9.11. The molecule has 7 nitrogen and oxygen atoms in total. The van der Waals surface area contributed by atoms with Gasteiger partial charge in [-0.3, -0.25) is 9.59 Å². The van der Waals surface area contributed by atoms with Crippen LogP contribution in [0.3, 0.4) is 0 Å². The van der Waals surface area contributed by atoms with E-state index in [4.69, 9.17) is 15.1 Å². The van der Waals surface area contributed by atoms with E-state index in [2.05, 4.69) is 12.2 Å². The number of rotatable bonds is 9. The Morgan fingerprint density at radius 3 is 2.18 bits per heavy atom. The van der Waals surface area contributed by atoms with Crippen LogP contribution < -0.4 is 5.32 Å². The van der Waals surface area contributed by atoms with E-state index in [1.807, 2.05) is 72.3 Å². The van der Waals surface area contributed by atoms with Gasteiger partial charge in [-0.15, -0.1) is 0 Å². The maximum Gasteiger partial charge on any atom is 0.237 e. The van der Waals surface area contributed by atoms with E-state index < -0.39 is 5.25 Å². The van der Waals surface area contributed by atoms with Gasteiger partial charge in [-0.1, -0.05) is 74.1 Å². The third-order valence-electron chi connectivity index (χ3n) is 6.41. The summed E-state index contributed by atoms with van der Waals surface area (Å²) in [7, 11) is 0. The molecule has 0 aliphatic rings. The van der Waals surface area contributed by atoms with Gasteiger partial charge < -0.3 is 5.32 Å². The number of hydrogen-bond donors (Lipinski definition) is 1. The summed E-state index contributed by atoms with van der Waals surface area (Å²) in [5.41, 5.74) is 4.65. The lowest BCUT2D eigenvalue weighted by atomic mass is 10.1.